The summed E-state index contributed by atoms with van der Waals surface area (Å²) < 4.78 is 18.7. The molecule has 0 saturated carbocycles. The smallest absolute Gasteiger partial charge is 0.231 e. The molecule has 0 saturated heterocycles. The fourth-order valence-electron chi connectivity index (χ4n) is 1.95. The number of nitrogens with two attached hydrogens (primary N) is 1. The molecule has 1 aromatic heterocycles. The van der Waals surface area contributed by atoms with Gasteiger partial charge in [0, 0.05) is 10.9 Å². The van der Waals surface area contributed by atoms with Crippen LogP contribution < -0.4 is 5.73 Å². The van der Waals surface area contributed by atoms with Gasteiger partial charge in [0.2, 0.25) is 5.89 Å². The van der Waals surface area contributed by atoms with Crippen LogP contribution in [0.15, 0.2) is 33.7 Å². The van der Waals surface area contributed by atoms with Gasteiger partial charge in [0.25, 0.3) is 0 Å². The van der Waals surface area contributed by atoms with Crippen LogP contribution in [0.5, 0.6) is 0 Å². The largest absolute Gasteiger partial charge is 0.339 e. The summed E-state index contributed by atoms with van der Waals surface area (Å²) in [5.41, 5.74) is 5.89. The monoisotopic (exact) mass is 295 g/mol. The van der Waals surface area contributed by atoms with Crippen LogP contribution in [0.3, 0.4) is 0 Å². The van der Waals surface area contributed by atoms with Gasteiger partial charge < -0.3 is 10.3 Å². The van der Waals surface area contributed by atoms with Gasteiger partial charge in [-0.3, -0.25) is 0 Å². The minimum atomic E-state index is -0.233. The fraction of sp³-hybridized carbons (Fsp3) is 0.429. The highest BCUT2D eigenvalue weighted by atomic mass is 32.2. The number of thioether (sulfide) groups is 1. The lowest BCUT2D eigenvalue weighted by molar-refractivity contribution is 0.331. The van der Waals surface area contributed by atoms with E-state index in [1.165, 1.54) is 17.8 Å². The number of rotatable bonds is 6. The second-order valence-corrected chi connectivity index (χ2v) is 5.66. The number of halogens is 1. The van der Waals surface area contributed by atoms with Gasteiger partial charge in [-0.2, -0.15) is 4.98 Å². The average molecular weight is 295 g/mol. The summed E-state index contributed by atoms with van der Waals surface area (Å²) in [4.78, 5) is 4.93. The second-order valence-electron chi connectivity index (χ2n) is 4.64. The molecule has 1 heterocycles. The van der Waals surface area contributed by atoms with E-state index in [-0.39, 0.29) is 17.8 Å². The van der Waals surface area contributed by atoms with E-state index in [0.29, 0.717) is 22.4 Å². The van der Waals surface area contributed by atoms with Crippen molar-refractivity contribution in [2.45, 2.75) is 42.9 Å². The number of hydrogen-bond acceptors (Lipinski definition) is 5. The zero-order chi connectivity index (χ0) is 14.5. The lowest BCUT2D eigenvalue weighted by Gasteiger charge is -2.13. The van der Waals surface area contributed by atoms with Gasteiger partial charge in [0.1, 0.15) is 5.82 Å². The standard InChI is InChI=1S/C14H18FN3OS/c1-3-10(9(2)16)14-17-13(18-19-14)8-20-12-7-5-4-6-11(12)15/h4-7,9-10H,3,8,16H2,1-2H3. The van der Waals surface area contributed by atoms with Gasteiger partial charge in [-0.1, -0.05) is 24.2 Å². The first kappa shape index (κ1) is 15.0. The molecular weight excluding hydrogens is 277 g/mol. The molecule has 6 heteroatoms. The van der Waals surface area contributed by atoms with Crippen LogP contribution in [0.2, 0.25) is 0 Å². The van der Waals surface area contributed by atoms with Gasteiger partial charge in [-0.15, -0.1) is 11.8 Å². The van der Waals surface area contributed by atoms with Crippen molar-refractivity contribution in [1.82, 2.24) is 10.1 Å². The molecule has 2 N–H and O–H groups in total. The van der Waals surface area contributed by atoms with Crippen LogP contribution in [0.25, 0.3) is 0 Å². The van der Waals surface area contributed by atoms with E-state index in [2.05, 4.69) is 10.1 Å². The lowest BCUT2D eigenvalue weighted by Crippen LogP contribution is -2.24. The van der Waals surface area contributed by atoms with E-state index in [0.717, 1.165) is 6.42 Å². The zero-order valence-electron chi connectivity index (χ0n) is 11.5. The van der Waals surface area contributed by atoms with Gasteiger partial charge in [0.15, 0.2) is 5.82 Å². The quantitative estimate of drug-likeness (QED) is 0.828. The predicted molar refractivity (Wildman–Crippen MR) is 76.9 cm³/mol. The van der Waals surface area contributed by atoms with Crippen molar-refractivity contribution in [3.63, 3.8) is 0 Å². The molecule has 0 fully saturated rings. The van der Waals surface area contributed by atoms with Crippen molar-refractivity contribution in [3.8, 4) is 0 Å². The molecule has 0 aliphatic carbocycles. The molecule has 0 amide bonds. The van der Waals surface area contributed by atoms with Crippen LogP contribution in [0.1, 0.15) is 37.9 Å². The summed E-state index contributed by atoms with van der Waals surface area (Å²) in [7, 11) is 0. The SMILES string of the molecule is CCC(c1nc(CSc2ccccc2F)no1)C(C)N. The summed E-state index contributed by atoms with van der Waals surface area (Å²) >= 11 is 1.35. The number of hydrogen-bond donors (Lipinski definition) is 1. The third kappa shape index (κ3) is 3.58. The third-order valence-electron chi connectivity index (χ3n) is 3.07. The molecule has 2 unspecified atom stereocenters. The Hall–Kier alpha value is -1.40. The van der Waals surface area contributed by atoms with Crippen molar-refractivity contribution in [1.29, 1.82) is 0 Å². The minimum absolute atomic E-state index is 0.0347. The molecule has 20 heavy (non-hydrogen) atoms. The molecule has 0 aliphatic rings. The topological polar surface area (TPSA) is 64.9 Å². The Morgan fingerprint density at radius 1 is 1.40 bits per heavy atom. The highest BCUT2D eigenvalue weighted by molar-refractivity contribution is 7.98. The first-order valence-corrected chi connectivity index (χ1v) is 7.55. The van der Waals surface area contributed by atoms with Crippen LogP contribution in [-0.4, -0.2) is 16.2 Å². The molecule has 2 atom stereocenters. The van der Waals surface area contributed by atoms with Crippen molar-refractivity contribution in [2.75, 3.05) is 0 Å². The van der Waals surface area contributed by atoms with Gasteiger partial charge in [-0.25, -0.2) is 4.39 Å². The first-order valence-electron chi connectivity index (χ1n) is 6.57. The molecule has 0 spiro atoms. The second kappa shape index (κ2) is 6.85. The Kier molecular flexibility index (Phi) is 5.14. The number of benzene rings is 1. The van der Waals surface area contributed by atoms with Gasteiger partial charge >= 0.3 is 0 Å². The summed E-state index contributed by atoms with van der Waals surface area (Å²) in [6.45, 7) is 3.96. The van der Waals surface area contributed by atoms with E-state index in [1.807, 2.05) is 13.8 Å². The maximum absolute atomic E-state index is 13.5. The molecule has 0 aliphatic heterocycles. The van der Waals surface area contributed by atoms with Crippen LogP contribution >= 0.6 is 11.8 Å². The molecule has 0 bridgehead atoms. The molecule has 4 nitrogen and oxygen atoms in total. The van der Waals surface area contributed by atoms with E-state index < -0.39 is 0 Å². The normalized spacial score (nSPS) is 14.2. The number of nitrogens with zero attached hydrogens (tertiary/aromatic N) is 2. The summed E-state index contributed by atoms with van der Waals surface area (Å²) in [5.74, 6) is 1.43. The van der Waals surface area contributed by atoms with E-state index in [9.17, 15) is 4.39 Å². The maximum atomic E-state index is 13.5. The highest BCUT2D eigenvalue weighted by Crippen LogP contribution is 2.26. The van der Waals surface area contributed by atoms with Gasteiger partial charge in [0.05, 0.1) is 11.7 Å². The molecule has 108 valence electrons. The zero-order valence-corrected chi connectivity index (χ0v) is 12.4. The Morgan fingerprint density at radius 2 is 2.15 bits per heavy atom. The summed E-state index contributed by atoms with van der Waals surface area (Å²) in [5, 5.41) is 3.93. The Balaban J connectivity index is 2.01. The van der Waals surface area contributed by atoms with Crippen molar-refractivity contribution >= 4 is 11.8 Å². The van der Waals surface area contributed by atoms with Crippen molar-refractivity contribution in [3.05, 3.63) is 41.8 Å². The van der Waals surface area contributed by atoms with Gasteiger partial charge in [-0.05, 0) is 25.5 Å². The van der Waals surface area contributed by atoms with Crippen LogP contribution in [0, 0.1) is 5.82 Å². The van der Waals surface area contributed by atoms with E-state index >= 15 is 0 Å². The highest BCUT2D eigenvalue weighted by Gasteiger charge is 2.21. The third-order valence-corrected chi connectivity index (χ3v) is 4.11. The molecule has 2 rings (SSSR count). The Bertz CT molecular complexity index is 559. The molecule has 2 aromatic rings. The van der Waals surface area contributed by atoms with E-state index in [1.54, 1.807) is 18.2 Å². The molecule has 0 radical (unpaired) electrons. The fourth-order valence-corrected chi connectivity index (χ4v) is 2.73. The minimum Gasteiger partial charge on any atom is -0.339 e. The first-order chi connectivity index (χ1) is 9.61. The summed E-state index contributed by atoms with van der Waals surface area (Å²) in [6.07, 6.45) is 0.847. The number of aromatic nitrogens is 2. The lowest BCUT2D eigenvalue weighted by atomic mass is 9.99. The van der Waals surface area contributed by atoms with E-state index in [4.69, 9.17) is 10.3 Å². The predicted octanol–water partition coefficient (Wildman–Crippen LogP) is 3.34. The average Bonchev–Trinajstić information content (AvgIpc) is 2.87. The van der Waals surface area contributed by atoms with Crippen molar-refractivity contribution < 1.29 is 8.91 Å². The van der Waals surface area contributed by atoms with Crippen molar-refractivity contribution in [2.24, 2.45) is 5.73 Å². The maximum Gasteiger partial charge on any atom is 0.231 e. The van der Waals surface area contributed by atoms with Crippen LogP contribution in [-0.2, 0) is 5.75 Å². The van der Waals surface area contributed by atoms with Crippen LogP contribution in [0.4, 0.5) is 4.39 Å². The molecular formula is C14H18FN3OS. The Labute approximate surface area is 121 Å². The summed E-state index contributed by atoms with van der Waals surface area (Å²) in [6, 6.07) is 6.61. The molecule has 1 aromatic carbocycles. The Morgan fingerprint density at radius 3 is 2.80 bits per heavy atom.